The zero-order chi connectivity index (χ0) is 16.5. The number of hydrogen-bond acceptors (Lipinski definition) is 3. The first kappa shape index (κ1) is 15.8. The summed E-state index contributed by atoms with van der Waals surface area (Å²) in [4.78, 5) is 19.6. The van der Waals surface area contributed by atoms with Crippen molar-refractivity contribution in [2.45, 2.75) is 44.6 Å². The minimum Gasteiger partial charge on any atom is -0.334 e. The Bertz CT molecular complexity index is 725. The lowest BCUT2D eigenvalue weighted by Crippen LogP contribution is -2.49. The number of piperidine rings is 1. The Kier molecular flexibility index (Phi) is 4.35. The Hall–Kier alpha value is -1.75. The van der Waals surface area contributed by atoms with Crippen LogP contribution >= 0.6 is 11.3 Å². The molecule has 2 fully saturated rings. The monoisotopic (exact) mass is 344 g/mol. The Morgan fingerprint density at radius 2 is 1.88 bits per heavy atom. The molecule has 1 saturated carbocycles. The first-order valence-corrected chi connectivity index (χ1v) is 9.63. The molecule has 2 aromatic rings. The number of likely N-dealkylation sites (tertiary alicyclic amines) is 1. The Morgan fingerprint density at radius 3 is 2.71 bits per heavy atom. The van der Waals surface area contributed by atoms with Crippen LogP contribution in [0.5, 0.6) is 0 Å². The molecule has 2 atom stereocenters. The van der Waals surface area contributed by atoms with Crippen LogP contribution in [0.25, 0.3) is 10.6 Å². The molecule has 3 nitrogen and oxygen atoms in total. The third-order valence-electron chi connectivity index (χ3n) is 5.32. The van der Waals surface area contributed by atoms with Crippen LogP contribution in [0.1, 0.15) is 49.0 Å². The van der Waals surface area contributed by atoms with E-state index in [4.69, 9.17) is 0 Å². The lowest BCUT2D eigenvalue weighted by molar-refractivity contribution is 0.0386. The third kappa shape index (κ3) is 2.97. The molecule has 1 aliphatic carbocycles. The molecule has 1 aliphatic heterocycles. The summed E-state index contributed by atoms with van der Waals surface area (Å²) >= 11 is 1.45. The number of aromatic nitrogens is 1. The van der Waals surface area contributed by atoms with Crippen LogP contribution in [0.3, 0.4) is 0 Å². The van der Waals surface area contributed by atoms with Crippen LogP contribution in [-0.4, -0.2) is 28.4 Å². The number of thiazole rings is 1. The average molecular weight is 344 g/mol. The summed E-state index contributed by atoms with van der Waals surface area (Å²) < 4.78 is 13.1. The number of carbonyl (C=O) groups is 1. The van der Waals surface area contributed by atoms with Gasteiger partial charge >= 0.3 is 0 Å². The predicted molar refractivity (Wildman–Crippen MR) is 93.5 cm³/mol. The van der Waals surface area contributed by atoms with Crippen molar-refractivity contribution in [2.24, 2.45) is 5.92 Å². The van der Waals surface area contributed by atoms with Gasteiger partial charge < -0.3 is 4.90 Å². The van der Waals surface area contributed by atoms with Gasteiger partial charge in [0.25, 0.3) is 5.91 Å². The summed E-state index contributed by atoms with van der Waals surface area (Å²) in [6.45, 7) is 0.851. The van der Waals surface area contributed by atoms with E-state index in [1.807, 2.05) is 5.38 Å². The first-order valence-electron chi connectivity index (χ1n) is 8.75. The number of benzene rings is 1. The molecule has 1 aromatic carbocycles. The van der Waals surface area contributed by atoms with Crippen molar-refractivity contribution in [3.8, 4) is 10.6 Å². The van der Waals surface area contributed by atoms with Crippen molar-refractivity contribution in [1.29, 1.82) is 0 Å². The van der Waals surface area contributed by atoms with Gasteiger partial charge in [0.05, 0.1) is 0 Å². The van der Waals surface area contributed by atoms with Gasteiger partial charge in [-0.15, -0.1) is 11.3 Å². The van der Waals surface area contributed by atoms with Crippen molar-refractivity contribution < 1.29 is 9.18 Å². The smallest absolute Gasteiger partial charge is 0.273 e. The van der Waals surface area contributed by atoms with Gasteiger partial charge in [0.2, 0.25) is 0 Å². The molecule has 0 radical (unpaired) electrons. The van der Waals surface area contributed by atoms with Crippen LogP contribution in [0, 0.1) is 11.7 Å². The molecule has 2 aliphatic rings. The molecule has 0 N–H and O–H groups in total. The van der Waals surface area contributed by atoms with Gasteiger partial charge in [-0.1, -0.05) is 12.8 Å². The number of nitrogens with zero attached hydrogens (tertiary/aromatic N) is 2. The van der Waals surface area contributed by atoms with Crippen molar-refractivity contribution in [3.05, 3.63) is 41.2 Å². The van der Waals surface area contributed by atoms with Crippen LogP contribution in [-0.2, 0) is 0 Å². The molecular weight excluding hydrogens is 323 g/mol. The number of fused-ring (bicyclic) bond motifs is 1. The predicted octanol–water partition coefficient (Wildman–Crippen LogP) is 4.74. The van der Waals surface area contributed by atoms with Gasteiger partial charge in [-0.3, -0.25) is 4.79 Å². The highest BCUT2D eigenvalue weighted by Crippen LogP contribution is 2.36. The van der Waals surface area contributed by atoms with Gasteiger partial charge in [-0.25, -0.2) is 9.37 Å². The molecule has 126 valence electrons. The van der Waals surface area contributed by atoms with Gasteiger partial charge in [0.1, 0.15) is 16.5 Å². The highest BCUT2D eigenvalue weighted by Gasteiger charge is 2.36. The van der Waals surface area contributed by atoms with E-state index in [9.17, 15) is 9.18 Å². The van der Waals surface area contributed by atoms with E-state index in [-0.39, 0.29) is 11.7 Å². The Morgan fingerprint density at radius 1 is 1.12 bits per heavy atom. The molecule has 0 bridgehead atoms. The van der Waals surface area contributed by atoms with Crippen molar-refractivity contribution in [1.82, 2.24) is 9.88 Å². The maximum absolute atomic E-state index is 13.1. The van der Waals surface area contributed by atoms with Crippen molar-refractivity contribution in [2.75, 3.05) is 6.54 Å². The zero-order valence-corrected chi connectivity index (χ0v) is 14.4. The Balaban J connectivity index is 1.55. The fraction of sp³-hybridized carbons (Fsp3) is 0.474. The van der Waals surface area contributed by atoms with E-state index >= 15 is 0 Å². The van der Waals surface area contributed by atoms with Crippen LogP contribution < -0.4 is 0 Å². The molecule has 1 amide bonds. The average Bonchev–Trinajstić information content (AvgIpc) is 3.11. The minimum atomic E-state index is -0.261. The summed E-state index contributed by atoms with van der Waals surface area (Å²) in [5, 5.41) is 2.61. The van der Waals surface area contributed by atoms with Gasteiger partial charge in [0, 0.05) is 23.5 Å². The largest absolute Gasteiger partial charge is 0.334 e. The molecular formula is C19H21FN2OS. The summed E-state index contributed by atoms with van der Waals surface area (Å²) in [6.07, 6.45) is 7.27. The van der Waals surface area contributed by atoms with Crippen LogP contribution in [0.4, 0.5) is 4.39 Å². The minimum absolute atomic E-state index is 0.0659. The van der Waals surface area contributed by atoms with Gasteiger partial charge in [-0.05, 0) is 55.9 Å². The third-order valence-corrected chi connectivity index (χ3v) is 6.21. The van der Waals surface area contributed by atoms with Crippen molar-refractivity contribution in [3.63, 3.8) is 0 Å². The molecule has 0 unspecified atom stereocenters. The normalized spacial score (nSPS) is 23.8. The summed E-state index contributed by atoms with van der Waals surface area (Å²) in [7, 11) is 0. The highest BCUT2D eigenvalue weighted by molar-refractivity contribution is 7.13. The maximum Gasteiger partial charge on any atom is 0.273 e. The second kappa shape index (κ2) is 6.63. The highest BCUT2D eigenvalue weighted by atomic mass is 32.1. The summed E-state index contributed by atoms with van der Waals surface area (Å²) in [5.41, 5.74) is 1.39. The SMILES string of the molecule is O=C(c1csc(-c2ccc(F)cc2)n1)N1CCC[C@H]2CCCC[C@@H]21. The van der Waals surface area contributed by atoms with E-state index in [0.29, 0.717) is 17.7 Å². The quantitative estimate of drug-likeness (QED) is 0.788. The standard InChI is InChI=1S/C19H21FN2OS/c20-15-9-7-14(8-10-15)18-21-16(12-24-18)19(23)22-11-3-5-13-4-1-2-6-17(13)22/h7-10,12-13,17H,1-6,11H2/t13-,17+/m1/s1. The van der Waals surface area contributed by atoms with E-state index in [1.54, 1.807) is 12.1 Å². The number of amides is 1. The van der Waals surface area contributed by atoms with Gasteiger partial charge in [0.15, 0.2) is 0 Å². The lowest BCUT2D eigenvalue weighted by atomic mass is 9.78. The topological polar surface area (TPSA) is 33.2 Å². The summed E-state index contributed by atoms with van der Waals surface area (Å²) in [6, 6.07) is 6.67. The van der Waals surface area contributed by atoms with E-state index < -0.39 is 0 Å². The Labute approximate surface area is 145 Å². The van der Waals surface area contributed by atoms with E-state index in [0.717, 1.165) is 30.0 Å². The first-order chi connectivity index (χ1) is 11.7. The lowest BCUT2D eigenvalue weighted by Gasteiger charge is -2.43. The van der Waals surface area contributed by atoms with Crippen LogP contribution in [0.2, 0.25) is 0 Å². The fourth-order valence-electron chi connectivity index (χ4n) is 4.12. The van der Waals surface area contributed by atoms with Crippen LogP contribution in [0.15, 0.2) is 29.6 Å². The molecule has 5 heteroatoms. The fourth-order valence-corrected chi connectivity index (χ4v) is 4.92. The molecule has 0 spiro atoms. The molecule has 1 aromatic heterocycles. The number of carbonyl (C=O) groups excluding carboxylic acids is 1. The summed E-state index contributed by atoms with van der Waals surface area (Å²) in [5.74, 6) is 0.478. The van der Waals surface area contributed by atoms with E-state index in [1.165, 1.54) is 49.2 Å². The molecule has 1 saturated heterocycles. The number of halogens is 1. The second-order valence-electron chi connectivity index (χ2n) is 6.80. The second-order valence-corrected chi connectivity index (χ2v) is 7.66. The number of rotatable bonds is 2. The maximum atomic E-state index is 13.1. The van der Waals surface area contributed by atoms with Crippen molar-refractivity contribution >= 4 is 17.2 Å². The molecule has 4 rings (SSSR count). The van der Waals surface area contributed by atoms with Gasteiger partial charge in [-0.2, -0.15) is 0 Å². The zero-order valence-electron chi connectivity index (χ0n) is 13.6. The van der Waals surface area contributed by atoms with E-state index in [2.05, 4.69) is 9.88 Å². The molecule has 2 heterocycles. The number of hydrogen-bond donors (Lipinski definition) is 0. The molecule has 24 heavy (non-hydrogen) atoms.